The minimum Gasteiger partial charge on any atom is -0.495 e. The Hall–Kier alpha value is -2.92. The molecule has 29 heavy (non-hydrogen) atoms. The number of methoxy groups -OCH3 is 2. The molecule has 0 aliphatic carbocycles. The van der Waals surface area contributed by atoms with Gasteiger partial charge in [0, 0.05) is 19.7 Å². The first-order chi connectivity index (χ1) is 13.6. The number of nitrogens with one attached hydrogen (secondary N) is 1. The lowest BCUT2D eigenvalue weighted by molar-refractivity contribution is -0.0512. The summed E-state index contributed by atoms with van der Waals surface area (Å²) < 4.78 is 65.0. The molecular formula is C18H20F2N2O6S. The van der Waals surface area contributed by atoms with Gasteiger partial charge in [0.1, 0.15) is 5.75 Å². The Morgan fingerprint density at radius 3 is 2.17 bits per heavy atom. The molecule has 8 nitrogen and oxygen atoms in total. The maximum Gasteiger partial charge on any atom is 0.387 e. The van der Waals surface area contributed by atoms with Crippen molar-refractivity contribution in [2.24, 2.45) is 0 Å². The highest BCUT2D eigenvalue weighted by atomic mass is 32.2. The number of sulfonamides is 1. The summed E-state index contributed by atoms with van der Waals surface area (Å²) in [6.07, 6.45) is 0. The van der Waals surface area contributed by atoms with Gasteiger partial charge in [0.25, 0.3) is 5.91 Å². The summed E-state index contributed by atoms with van der Waals surface area (Å²) >= 11 is 0. The number of ether oxygens (including phenoxy) is 3. The number of hydrogen-bond donors (Lipinski definition) is 1. The lowest BCUT2D eigenvalue weighted by atomic mass is 10.1. The van der Waals surface area contributed by atoms with E-state index in [9.17, 15) is 22.0 Å². The maximum atomic E-state index is 12.6. The number of hydrogen-bond acceptors (Lipinski definition) is 6. The van der Waals surface area contributed by atoms with Crippen molar-refractivity contribution in [3.05, 3.63) is 42.0 Å². The number of amides is 1. The second-order valence-electron chi connectivity index (χ2n) is 5.85. The monoisotopic (exact) mass is 430 g/mol. The Morgan fingerprint density at radius 2 is 1.62 bits per heavy atom. The van der Waals surface area contributed by atoms with E-state index in [1.54, 1.807) is 0 Å². The molecule has 0 spiro atoms. The first-order valence-corrected chi connectivity index (χ1v) is 9.59. The van der Waals surface area contributed by atoms with Crippen LogP contribution in [-0.4, -0.2) is 53.6 Å². The van der Waals surface area contributed by atoms with E-state index in [0.717, 1.165) is 4.31 Å². The molecule has 1 amide bonds. The molecule has 0 bridgehead atoms. The van der Waals surface area contributed by atoms with Crippen LogP contribution in [0.3, 0.4) is 0 Å². The molecule has 0 saturated heterocycles. The zero-order valence-corrected chi connectivity index (χ0v) is 16.9. The summed E-state index contributed by atoms with van der Waals surface area (Å²) in [5.74, 6) is -0.685. The van der Waals surface area contributed by atoms with Gasteiger partial charge in [-0.15, -0.1) is 0 Å². The Bertz CT molecular complexity index is 996. The number of nitrogens with zero attached hydrogens (tertiary/aromatic N) is 1. The zero-order valence-electron chi connectivity index (χ0n) is 16.1. The third-order valence-corrected chi connectivity index (χ3v) is 5.65. The number of anilines is 1. The van der Waals surface area contributed by atoms with Crippen molar-refractivity contribution < 1.29 is 36.2 Å². The van der Waals surface area contributed by atoms with E-state index in [-0.39, 0.29) is 33.4 Å². The van der Waals surface area contributed by atoms with Gasteiger partial charge in [0.05, 0.1) is 24.8 Å². The summed E-state index contributed by atoms with van der Waals surface area (Å²) in [6, 6.07) is 7.68. The molecule has 0 radical (unpaired) electrons. The first kappa shape index (κ1) is 22.4. The largest absolute Gasteiger partial charge is 0.495 e. The summed E-state index contributed by atoms with van der Waals surface area (Å²) in [5.41, 5.74) is 0.193. The van der Waals surface area contributed by atoms with Crippen LogP contribution in [0.5, 0.6) is 17.2 Å². The highest BCUT2D eigenvalue weighted by Crippen LogP contribution is 2.32. The predicted octanol–water partition coefficient (Wildman–Crippen LogP) is 2.81. The minimum absolute atomic E-state index is 0.0446. The lowest BCUT2D eigenvalue weighted by Crippen LogP contribution is -2.22. The third kappa shape index (κ3) is 5.12. The van der Waals surface area contributed by atoms with Crippen LogP contribution in [0.15, 0.2) is 41.3 Å². The second-order valence-corrected chi connectivity index (χ2v) is 8.00. The fraction of sp³-hybridized carbons (Fsp3) is 0.278. The number of carbonyl (C=O) groups excluding carboxylic acids is 1. The molecule has 11 heteroatoms. The van der Waals surface area contributed by atoms with Crippen molar-refractivity contribution in [1.29, 1.82) is 0 Å². The summed E-state index contributed by atoms with van der Waals surface area (Å²) in [4.78, 5) is 12.6. The summed E-state index contributed by atoms with van der Waals surface area (Å²) in [5, 5.41) is 2.55. The molecule has 0 aliphatic heterocycles. The van der Waals surface area contributed by atoms with Crippen LogP contribution in [0.1, 0.15) is 10.4 Å². The molecule has 0 aromatic heterocycles. The topological polar surface area (TPSA) is 94.2 Å². The van der Waals surface area contributed by atoms with Crippen LogP contribution < -0.4 is 19.5 Å². The molecule has 0 aliphatic rings. The van der Waals surface area contributed by atoms with Crippen molar-refractivity contribution >= 4 is 21.6 Å². The quantitative estimate of drug-likeness (QED) is 0.692. The van der Waals surface area contributed by atoms with Crippen LogP contribution in [0.2, 0.25) is 0 Å². The van der Waals surface area contributed by atoms with Crippen LogP contribution in [0, 0.1) is 0 Å². The van der Waals surface area contributed by atoms with Crippen LogP contribution in [0.25, 0.3) is 0 Å². The maximum absolute atomic E-state index is 12.6. The Balaban J connectivity index is 2.37. The second kappa shape index (κ2) is 9.05. The van der Waals surface area contributed by atoms with E-state index < -0.39 is 22.5 Å². The molecule has 2 rings (SSSR count). The molecule has 1 N–H and O–H groups in total. The summed E-state index contributed by atoms with van der Waals surface area (Å²) in [7, 11) is 1.64. The average molecular weight is 430 g/mol. The number of alkyl halides is 2. The molecule has 0 fully saturated rings. The van der Waals surface area contributed by atoms with Crippen molar-refractivity contribution in [1.82, 2.24) is 4.31 Å². The fourth-order valence-electron chi connectivity index (χ4n) is 2.35. The predicted molar refractivity (Wildman–Crippen MR) is 101 cm³/mol. The number of rotatable bonds is 8. The lowest BCUT2D eigenvalue weighted by Gasteiger charge is -2.15. The van der Waals surface area contributed by atoms with Gasteiger partial charge in [-0.25, -0.2) is 12.7 Å². The van der Waals surface area contributed by atoms with E-state index in [1.165, 1.54) is 64.7 Å². The van der Waals surface area contributed by atoms with Crippen LogP contribution >= 0.6 is 0 Å². The van der Waals surface area contributed by atoms with Gasteiger partial charge >= 0.3 is 6.61 Å². The van der Waals surface area contributed by atoms with Gasteiger partial charge in [0.2, 0.25) is 10.0 Å². The number of halogens is 2. The molecule has 2 aromatic rings. The zero-order chi connectivity index (χ0) is 21.8. The van der Waals surface area contributed by atoms with E-state index in [2.05, 4.69) is 10.1 Å². The Labute approximate surface area is 167 Å². The highest BCUT2D eigenvalue weighted by Gasteiger charge is 2.21. The van der Waals surface area contributed by atoms with Gasteiger partial charge in [-0.1, -0.05) is 0 Å². The number of benzene rings is 2. The van der Waals surface area contributed by atoms with E-state index in [4.69, 9.17) is 9.47 Å². The van der Waals surface area contributed by atoms with Crippen molar-refractivity contribution in [3.8, 4) is 17.2 Å². The molecule has 0 saturated carbocycles. The average Bonchev–Trinajstić information content (AvgIpc) is 2.67. The molecule has 158 valence electrons. The fourth-order valence-corrected chi connectivity index (χ4v) is 3.28. The molecule has 0 heterocycles. The third-order valence-electron chi connectivity index (χ3n) is 3.84. The van der Waals surface area contributed by atoms with Crippen LogP contribution in [0.4, 0.5) is 14.5 Å². The van der Waals surface area contributed by atoms with Gasteiger partial charge in [-0.2, -0.15) is 8.78 Å². The molecule has 0 unspecified atom stereocenters. The van der Waals surface area contributed by atoms with Gasteiger partial charge < -0.3 is 19.5 Å². The van der Waals surface area contributed by atoms with Crippen molar-refractivity contribution in [2.75, 3.05) is 33.6 Å². The number of carbonyl (C=O) groups is 1. The normalized spacial score (nSPS) is 11.4. The standard InChI is InChI=1S/C18H20F2N2O6S/c1-22(2)29(24,25)12-6-8-14(26-3)13(10-12)21-17(23)11-5-7-15(28-18(19)20)16(9-11)27-4/h5-10,18H,1-4H3,(H,21,23). The Kier molecular flexibility index (Phi) is 6.98. The minimum atomic E-state index is -3.73. The van der Waals surface area contributed by atoms with Crippen molar-refractivity contribution in [3.63, 3.8) is 0 Å². The smallest absolute Gasteiger partial charge is 0.387 e. The Morgan fingerprint density at radius 1 is 1.00 bits per heavy atom. The molecule has 0 atom stereocenters. The van der Waals surface area contributed by atoms with Gasteiger partial charge in [-0.3, -0.25) is 4.79 Å². The van der Waals surface area contributed by atoms with Crippen LogP contribution in [-0.2, 0) is 10.0 Å². The van der Waals surface area contributed by atoms with E-state index in [0.29, 0.717) is 0 Å². The summed E-state index contributed by atoms with van der Waals surface area (Å²) in [6.45, 7) is -3.05. The van der Waals surface area contributed by atoms with Crippen molar-refractivity contribution in [2.45, 2.75) is 11.5 Å². The first-order valence-electron chi connectivity index (χ1n) is 8.15. The molecule has 2 aromatic carbocycles. The van der Waals surface area contributed by atoms with E-state index in [1.807, 2.05) is 0 Å². The SMILES string of the molecule is COc1ccc(S(=O)(=O)N(C)C)cc1NC(=O)c1ccc(OC(F)F)c(OC)c1. The van der Waals surface area contributed by atoms with E-state index >= 15 is 0 Å². The van der Waals surface area contributed by atoms with Gasteiger partial charge in [0.15, 0.2) is 11.5 Å². The molecular weight excluding hydrogens is 410 g/mol. The van der Waals surface area contributed by atoms with Gasteiger partial charge in [-0.05, 0) is 36.4 Å². The highest BCUT2D eigenvalue weighted by molar-refractivity contribution is 7.89.